The number of benzene rings is 1. The maximum Gasteiger partial charge on any atom is 0.137 e. The Morgan fingerprint density at radius 2 is 2.30 bits per heavy atom. The lowest BCUT2D eigenvalue weighted by molar-refractivity contribution is 0.182. The van der Waals surface area contributed by atoms with Crippen LogP contribution in [0.5, 0.6) is 0 Å². The molecule has 0 bridgehead atoms. The Balaban J connectivity index is 2.34. The molecule has 0 aliphatic carbocycles. The molecule has 1 atom stereocenters. The fourth-order valence-corrected chi connectivity index (χ4v) is 2.56. The van der Waals surface area contributed by atoms with Crippen LogP contribution in [-0.4, -0.2) is 23.5 Å². The van der Waals surface area contributed by atoms with Gasteiger partial charge in [0.25, 0.3) is 0 Å². The summed E-state index contributed by atoms with van der Waals surface area (Å²) in [5.74, 6) is -0.333. The third-order valence-corrected chi connectivity index (χ3v) is 3.84. The number of hydrogen-bond donors (Lipinski definition) is 1. The van der Waals surface area contributed by atoms with Crippen molar-refractivity contribution in [2.24, 2.45) is 5.73 Å². The highest BCUT2D eigenvalue weighted by molar-refractivity contribution is 9.10. The fourth-order valence-electron chi connectivity index (χ4n) is 1.90. The zero-order valence-corrected chi connectivity index (χ0v) is 13.2. The van der Waals surface area contributed by atoms with Crippen molar-refractivity contribution in [3.05, 3.63) is 51.0 Å². The molecule has 2 rings (SSSR count). The van der Waals surface area contributed by atoms with Gasteiger partial charge in [0.1, 0.15) is 5.82 Å². The third kappa shape index (κ3) is 3.20. The molecule has 20 heavy (non-hydrogen) atoms. The predicted molar refractivity (Wildman–Crippen MR) is 79.2 cm³/mol. The van der Waals surface area contributed by atoms with E-state index in [1.54, 1.807) is 30.1 Å². The van der Waals surface area contributed by atoms with Crippen molar-refractivity contribution < 1.29 is 9.13 Å². The van der Waals surface area contributed by atoms with Crippen molar-refractivity contribution in [3.8, 4) is 0 Å². The number of nitrogens with zero attached hydrogens (tertiary/aromatic N) is 2. The van der Waals surface area contributed by atoms with Crippen LogP contribution in [0.1, 0.15) is 17.3 Å². The van der Waals surface area contributed by atoms with E-state index in [1.165, 1.54) is 6.07 Å². The molecule has 0 aliphatic heterocycles. The Kier molecular flexibility index (Phi) is 5.15. The topological polar surface area (TPSA) is 53.1 Å². The molecule has 1 heterocycles. The summed E-state index contributed by atoms with van der Waals surface area (Å²) < 4.78 is 20.4. The summed E-state index contributed by atoms with van der Waals surface area (Å²) in [6.07, 6.45) is 1.55. The summed E-state index contributed by atoms with van der Waals surface area (Å²) in [7, 11) is 1.61. The molecule has 0 fully saturated rings. The van der Waals surface area contributed by atoms with Crippen molar-refractivity contribution in [1.82, 2.24) is 9.78 Å². The highest BCUT2D eigenvalue weighted by atomic mass is 79.9. The highest BCUT2D eigenvalue weighted by Gasteiger charge is 2.19. The minimum Gasteiger partial charge on any atom is -0.383 e. The van der Waals surface area contributed by atoms with Gasteiger partial charge in [-0.15, -0.1) is 0 Å². The van der Waals surface area contributed by atoms with Crippen molar-refractivity contribution in [2.45, 2.75) is 12.6 Å². The molecule has 7 heteroatoms. The van der Waals surface area contributed by atoms with Gasteiger partial charge in [-0.1, -0.05) is 17.7 Å². The largest absolute Gasteiger partial charge is 0.383 e. The average molecular weight is 363 g/mol. The van der Waals surface area contributed by atoms with Crippen LogP contribution in [-0.2, 0) is 11.3 Å². The van der Waals surface area contributed by atoms with Crippen LogP contribution >= 0.6 is 27.5 Å². The van der Waals surface area contributed by atoms with Crippen LogP contribution in [0.4, 0.5) is 4.39 Å². The molecule has 0 amide bonds. The molecule has 0 spiro atoms. The summed E-state index contributed by atoms with van der Waals surface area (Å²) in [5, 5.41) is 4.66. The van der Waals surface area contributed by atoms with Crippen LogP contribution in [0.25, 0.3) is 0 Å². The molecule has 108 valence electrons. The van der Waals surface area contributed by atoms with Gasteiger partial charge < -0.3 is 10.5 Å². The van der Waals surface area contributed by atoms with E-state index in [2.05, 4.69) is 21.0 Å². The molecule has 4 nitrogen and oxygen atoms in total. The maximum atomic E-state index is 13.3. The Labute approximate surface area is 129 Å². The van der Waals surface area contributed by atoms with E-state index in [0.29, 0.717) is 28.3 Å². The van der Waals surface area contributed by atoms with Gasteiger partial charge in [0.05, 0.1) is 40.6 Å². The Hall–Kier alpha value is -0.950. The van der Waals surface area contributed by atoms with Gasteiger partial charge in [0, 0.05) is 7.11 Å². The second kappa shape index (κ2) is 6.67. The number of hydrogen-bond acceptors (Lipinski definition) is 3. The zero-order valence-electron chi connectivity index (χ0n) is 10.8. The van der Waals surface area contributed by atoms with Gasteiger partial charge in [-0.2, -0.15) is 5.10 Å². The van der Waals surface area contributed by atoms with Gasteiger partial charge in [-0.25, -0.2) is 4.39 Å². The average Bonchev–Trinajstić information content (AvgIpc) is 2.80. The maximum absolute atomic E-state index is 13.3. The van der Waals surface area contributed by atoms with Gasteiger partial charge in [0.15, 0.2) is 0 Å². The lowest BCUT2D eigenvalue weighted by atomic mass is 10.0. The van der Waals surface area contributed by atoms with E-state index in [9.17, 15) is 4.39 Å². The quantitative estimate of drug-likeness (QED) is 0.889. The van der Waals surface area contributed by atoms with Crippen molar-refractivity contribution >= 4 is 27.5 Å². The van der Waals surface area contributed by atoms with Gasteiger partial charge in [0.2, 0.25) is 0 Å². The minimum absolute atomic E-state index is 0.333. The predicted octanol–water partition coefficient (Wildman–Crippen LogP) is 3.13. The summed E-state index contributed by atoms with van der Waals surface area (Å²) in [4.78, 5) is 0. The van der Waals surface area contributed by atoms with E-state index >= 15 is 0 Å². The molecular formula is C13H14BrClFN3O. The van der Waals surface area contributed by atoms with Gasteiger partial charge in [-0.05, 0) is 33.6 Å². The first-order valence-corrected chi connectivity index (χ1v) is 7.12. The molecule has 2 aromatic rings. The van der Waals surface area contributed by atoms with Crippen molar-refractivity contribution in [2.75, 3.05) is 13.7 Å². The molecule has 0 aliphatic rings. The van der Waals surface area contributed by atoms with Crippen LogP contribution in [0.2, 0.25) is 5.02 Å². The van der Waals surface area contributed by atoms with Crippen molar-refractivity contribution in [1.29, 1.82) is 0 Å². The molecule has 1 unspecified atom stereocenters. The summed E-state index contributed by atoms with van der Waals surface area (Å²) in [6, 6.07) is 4.15. The van der Waals surface area contributed by atoms with Crippen LogP contribution in [0, 0.1) is 5.82 Å². The van der Waals surface area contributed by atoms with Crippen molar-refractivity contribution in [3.63, 3.8) is 0 Å². The standard InChI is InChI=1S/C13H14BrClFN3O/c1-20-5-4-19-13(10(15)7-18-19)12(17)8-2-3-11(16)9(14)6-8/h2-3,6-7,12H,4-5,17H2,1H3. The Bertz CT molecular complexity index is 605. The third-order valence-electron chi connectivity index (χ3n) is 2.94. The summed E-state index contributed by atoms with van der Waals surface area (Å²) >= 11 is 9.30. The van der Waals surface area contributed by atoms with Gasteiger partial charge in [-0.3, -0.25) is 4.68 Å². The second-order valence-electron chi connectivity index (χ2n) is 4.24. The lowest BCUT2D eigenvalue weighted by Crippen LogP contribution is -2.19. The number of methoxy groups -OCH3 is 1. The molecule has 0 saturated heterocycles. The number of ether oxygens (including phenoxy) is 1. The Morgan fingerprint density at radius 3 is 2.95 bits per heavy atom. The Morgan fingerprint density at radius 1 is 1.55 bits per heavy atom. The number of rotatable bonds is 5. The molecule has 0 saturated carbocycles. The minimum atomic E-state index is -0.487. The van der Waals surface area contributed by atoms with E-state index in [0.717, 1.165) is 5.56 Å². The first-order chi connectivity index (χ1) is 9.54. The normalized spacial score (nSPS) is 12.7. The summed E-state index contributed by atoms with van der Waals surface area (Å²) in [5.41, 5.74) is 7.66. The smallest absolute Gasteiger partial charge is 0.137 e. The molecular weight excluding hydrogens is 349 g/mol. The van der Waals surface area contributed by atoms with E-state index in [-0.39, 0.29) is 5.82 Å². The first-order valence-electron chi connectivity index (χ1n) is 5.95. The van der Waals surface area contributed by atoms with Crippen LogP contribution in [0.15, 0.2) is 28.9 Å². The molecule has 1 aromatic heterocycles. The van der Waals surface area contributed by atoms with Crippen LogP contribution in [0.3, 0.4) is 0 Å². The van der Waals surface area contributed by atoms with E-state index < -0.39 is 6.04 Å². The van der Waals surface area contributed by atoms with Crippen LogP contribution < -0.4 is 5.73 Å². The number of aromatic nitrogens is 2. The first kappa shape index (κ1) is 15.4. The number of halogens is 3. The van der Waals surface area contributed by atoms with E-state index in [1.807, 2.05) is 0 Å². The molecule has 1 aromatic carbocycles. The lowest BCUT2D eigenvalue weighted by Gasteiger charge is -2.16. The number of nitrogens with two attached hydrogens (primary N) is 1. The summed E-state index contributed by atoms with van der Waals surface area (Å²) in [6.45, 7) is 1.06. The zero-order chi connectivity index (χ0) is 14.7. The molecule has 2 N–H and O–H groups in total. The highest BCUT2D eigenvalue weighted by Crippen LogP contribution is 2.28. The van der Waals surface area contributed by atoms with E-state index in [4.69, 9.17) is 22.1 Å². The van der Waals surface area contributed by atoms with Gasteiger partial charge >= 0.3 is 0 Å². The monoisotopic (exact) mass is 361 g/mol. The second-order valence-corrected chi connectivity index (χ2v) is 5.51. The SMILES string of the molecule is COCCn1ncc(Cl)c1C(N)c1ccc(F)c(Br)c1. The fraction of sp³-hybridized carbons (Fsp3) is 0.308. The molecule has 0 radical (unpaired) electrons.